The van der Waals surface area contributed by atoms with Crippen LogP contribution >= 0.6 is 11.6 Å². The number of amides is 1. The van der Waals surface area contributed by atoms with Crippen LogP contribution in [0.2, 0.25) is 5.02 Å². The molecule has 0 aliphatic carbocycles. The first-order valence-electron chi connectivity index (χ1n) is 9.56. The molecule has 0 saturated carbocycles. The molecule has 31 heavy (non-hydrogen) atoms. The Hall–Kier alpha value is -3.64. The van der Waals surface area contributed by atoms with E-state index in [9.17, 15) is 9.18 Å². The summed E-state index contributed by atoms with van der Waals surface area (Å²) < 4.78 is 21.3. The van der Waals surface area contributed by atoms with Crippen LogP contribution in [0.5, 0.6) is 5.75 Å². The van der Waals surface area contributed by atoms with Gasteiger partial charge < -0.3 is 10.1 Å². The normalized spacial score (nSPS) is 10.7. The predicted octanol–water partition coefficient (Wildman–Crippen LogP) is 5.65. The highest BCUT2D eigenvalue weighted by molar-refractivity contribution is 6.31. The van der Waals surface area contributed by atoms with E-state index < -0.39 is 11.7 Å². The molecule has 4 aromatic rings. The molecule has 0 unspecified atom stereocenters. The summed E-state index contributed by atoms with van der Waals surface area (Å²) in [7, 11) is 1.57. The van der Waals surface area contributed by atoms with Gasteiger partial charge in [-0.2, -0.15) is 5.10 Å². The highest BCUT2D eigenvalue weighted by Gasteiger charge is 2.20. The first-order valence-corrected chi connectivity index (χ1v) is 9.94. The number of carbonyl (C=O) groups is 1. The average Bonchev–Trinajstić information content (AvgIpc) is 3.21. The van der Waals surface area contributed by atoms with Gasteiger partial charge in [0.15, 0.2) is 5.82 Å². The number of hydrogen-bond donors (Lipinski definition) is 1. The van der Waals surface area contributed by atoms with Crippen molar-refractivity contribution in [2.75, 3.05) is 12.4 Å². The van der Waals surface area contributed by atoms with Gasteiger partial charge in [0.1, 0.15) is 11.4 Å². The minimum absolute atomic E-state index is 0.00454. The summed E-state index contributed by atoms with van der Waals surface area (Å²) in [5.74, 6) is -0.530. The van der Waals surface area contributed by atoms with Gasteiger partial charge in [0.25, 0.3) is 5.91 Å². The summed E-state index contributed by atoms with van der Waals surface area (Å²) in [6.07, 6.45) is 1.65. The van der Waals surface area contributed by atoms with Crippen LogP contribution in [0.15, 0.2) is 79.0 Å². The molecule has 1 aromatic heterocycles. The summed E-state index contributed by atoms with van der Waals surface area (Å²) >= 11 is 5.84. The van der Waals surface area contributed by atoms with Crippen molar-refractivity contribution < 1.29 is 13.9 Å². The van der Waals surface area contributed by atoms with Crippen molar-refractivity contribution in [1.82, 2.24) is 9.78 Å². The molecule has 0 aliphatic rings. The molecule has 1 N–H and O–H groups in total. The lowest BCUT2D eigenvalue weighted by molar-refractivity contribution is 0.102. The Bertz CT molecular complexity index is 1220. The molecule has 7 heteroatoms. The van der Waals surface area contributed by atoms with Crippen molar-refractivity contribution in [2.24, 2.45) is 0 Å². The van der Waals surface area contributed by atoms with Gasteiger partial charge in [-0.1, -0.05) is 60.1 Å². The molecular formula is C24H19ClFN3O2. The molecule has 1 amide bonds. The smallest absolute Gasteiger partial charge is 0.259 e. The Morgan fingerprint density at radius 2 is 1.87 bits per heavy atom. The predicted molar refractivity (Wildman–Crippen MR) is 119 cm³/mol. The number of aromatic nitrogens is 2. The second-order valence-corrected chi connectivity index (χ2v) is 7.27. The van der Waals surface area contributed by atoms with E-state index in [1.165, 1.54) is 12.1 Å². The molecule has 156 valence electrons. The van der Waals surface area contributed by atoms with E-state index >= 15 is 0 Å². The maximum atomic E-state index is 14.3. The van der Waals surface area contributed by atoms with Crippen molar-refractivity contribution in [2.45, 2.75) is 6.54 Å². The van der Waals surface area contributed by atoms with Crippen molar-refractivity contribution >= 4 is 23.2 Å². The molecule has 0 bridgehead atoms. The van der Waals surface area contributed by atoms with Crippen LogP contribution in [0.1, 0.15) is 15.9 Å². The van der Waals surface area contributed by atoms with Gasteiger partial charge in [0.05, 0.1) is 29.9 Å². The largest absolute Gasteiger partial charge is 0.497 e. The second kappa shape index (κ2) is 9.02. The lowest BCUT2D eigenvalue weighted by Crippen LogP contribution is -2.13. The summed E-state index contributed by atoms with van der Waals surface area (Å²) in [5, 5.41) is 7.17. The minimum Gasteiger partial charge on any atom is -0.497 e. The highest BCUT2D eigenvalue weighted by Crippen LogP contribution is 2.28. The minimum atomic E-state index is -0.683. The zero-order valence-corrected chi connectivity index (χ0v) is 17.4. The third-order valence-electron chi connectivity index (χ3n) is 4.74. The van der Waals surface area contributed by atoms with Gasteiger partial charge in [0, 0.05) is 11.8 Å². The summed E-state index contributed by atoms with van der Waals surface area (Å²) in [6.45, 7) is 0.483. The fourth-order valence-corrected chi connectivity index (χ4v) is 3.39. The maximum Gasteiger partial charge on any atom is 0.259 e. The van der Waals surface area contributed by atoms with E-state index in [0.29, 0.717) is 29.1 Å². The van der Waals surface area contributed by atoms with Gasteiger partial charge in [0.2, 0.25) is 0 Å². The molecule has 0 radical (unpaired) electrons. The van der Waals surface area contributed by atoms with Crippen LogP contribution in [0, 0.1) is 5.82 Å². The van der Waals surface area contributed by atoms with Gasteiger partial charge in [-0.3, -0.25) is 9.48 Å². The third kappa shape index (κ3) is 4.59. The number of carbonyl (C=O) groups excluding carboxylic acids is 1. The van der Waals surface area contributed by atoms with E-state index in [1.807, 2.05) is 48.5 Å². The molecular weight excluding hydrogens is 417 g/mol. The van der Waals surface area contributed by atoms with Crippen LogP contribution in [-0.2, 0) is 6.54 Å². The number of nitrogens with zero attached hydrogens (tertiary/aromatic N) is 2. The lowest BCUT2D eigenvalue weighted by atomic mass is 10.1. The van der Waals surface area contributed by atoms with E-state index in [0.717, 1.165) is 5.56 Å². The number of anilines is 1. The Labute approximate surface area is 184 Å². The maximum absolute atomic E-state index is 14.3. The van der Waals surface area contributed by atoms with Crippen molar-refractivity contribution in [1.29, 1.82) is 0 Å². The van der Waals surface area contributed by atoms with Crippen LogP contribution in [0.25, 0.3) is 11.3 Å². The molecule has 0 spiro atoms. The first kappa shape index (κ1) is 20.6. The Morgan fingerprint density at radius 3 is 2.65 bits per heavy atom. The van der Waals surface area contributed by atoms with Crippen LogP contribution < -0.4 is 10.1 Å². The van der Waals surface area contributed by atoms with E-state index in [2.05, 4.69) is 10.4 Å². The highest BCUT2D eigenvalue weighted by atomic mass is 35.5. The number of hydrogen-bond acceptors (Lipinski definition) is 3. The Morgan fingerprint density at radius 1 is 1.10 bits per heavy atom. The van der Waals surface area contributed by atoms with Gasteiger partial charge in [-0.05, 0) is 29.8 Å². The van der Waals surface area contributed by atoms with Crippen molar-refractivity contribution in [3.05, 3.63) is 101 Å². The van der Waals surface area contributed by atoms with E-state index in [4.69, 9.17) is 16.3 Å². The van der Waals surface area contributed by atoms with Crippen LogP contribution in [0.4, 0.5) is 10.1 Å². The van der Waals surface area contributed by atoms with Crippen LogP contribution in [0.3, 0.4) is 0 Å². The average molecular weight is 436 g/mol. The number of methoxy groups -OCH3 is 1. The number of nitrogens with one attached hydrogen (secondary N) is 1. The number of ether oxygens (including phenoxy) is 1. The lowest BCUT2D eigenvalue weighted by Gasteiger charge is -2.08. The van der Waals surface area contributed by atoms with E-state index in [1.54, 1.807) is 30.1 Å². The molecule has 5 nitrogen and oxygen atoms in total. The van der Waals surface area contributed by atoms with Gasteiger partial charge >= 0.3 is 0 Å². The Kier molecular flexibility index (Phi) is 6.00. The topological polar surface area (TPSA) is 56.2 Å². The van der Waals surface area contributed by atoms with Gasteiger partial charge in [-0.15, -0.1) is 0 Å². The fourth-order valence-electron chi connectivity index (χ4n) is 3.21. The number of rotatable bonds is 6. The summed E-state index contributed by atoms with van der Waals surface area (Å²) in [6, 6.07) is 21.5. The standard InChI is InChI=1S/C24H19ClFN3O2/c1-31-18-10-5-9-17(13-18)23-19(15-29(28-23)14-16-7-3-2-4-8-16)24(30)27-21-12-6-11-20(25)22(21)26/h2-13,15H,14H2,1H3,(H,27,30). The second-order valence-electron chi connectivity index (χ2n) is 6.86. The third-order valence-corrected chi connectivity index (χ3v) is 5.03. The monoisotopic (exact) mass is 435 g/mol. The zero-order valence-electron chi connectivity index (χ0n) is 16.7. The molecule has 0 aliphatic heterocycles. The number of halogens is 2. The molecule has 4 rings (SSSR count). The van der Waals surface area contributed by atoms with Gasteiger partial charge in [-0.25, -0.2) is 4.39 Å². The summed E-state index contributed by atoms with van der Waals surface area (Å²) in [5.41, 5.74) is 2.53. The SMILES string of the molecule is COc1cccc(-c2nn(Cc3ccccc3)cc2C(=O)Nc2cccc(Cl)c2F)c1. The number of benzene rings is 3. The van der Waals surface area contributed by atoms with Crippen molar-refractivity contribution in [3.63, 3.8) is 0 Å². The first-order chi connectivity index (χ1) is 15.0. The Balaban J connectivity index is 1.73. The molecule has 3 aromatic carbocycles. The molecule has 1 heterocycles. The molecule has 0 saturated heterocycles. The fraction of sp³-hybridized carbons (Fsp3) is 0.0833. The quantitative estimate of drug-likeness (QED) is 0.425. The van der Waals surface area contributed by atoms with E-state index in [-0.39, 0.29) is 10.7 Å². The molecule has 0 atom stereocenters. The zero-order chi connectivity index (χ0) is 21.8. The van der Waals surface area contributed by atoms with Crippen LogP contribution in [-0.4, -0.2) is 22.8 Å². The molecule has 0 fully saturated rings. The van der Waals surface area contributed by atoms with Crippen molar-refractivity contribution in [3.8, 4) is 17.0 Å². The summed E-state index contributed by atoms with van der Waals surface area (Å²) in [4.78, 5) is 13.1.